The summed E-state index contributed by atoms with van der Waals surface area (Å²) in [4.78, 5) is 4.24. The van der Waals surface area contributed by atoms with Crippen LogP contribution < -0.4 is 11.3 Å². The van der Waals surface area contributed by atoms with Crippen molar-refractivity contribution in [3.63, 3.8) is 0 Å². The van der Waals surface area contributed by atoms with E-state index in [0.29, 0.717) is 17.5 Å². The van der Waals surface area contributed by atoms with Crippen molar-refractivity contribution in [2.45, 2.75) is 39.3 Å². The zero-order valence-electron chi connectivity index (χ0n) is 12.0. The van der Waals surface area contributed by atoms with Crippen LogP contribution in [0.1, 0.15) is 42.9 Å². The van der Waals surface area contributed by atoms with E-state index in [-0.39, 0.29) is 17.9 Å². The van der Waals surface area contributed by atoms with Crippen LogP contribution >= 0.6 is 0 Å². The molecule has 6 heteroatoms. The molecule has 1 atom stereocenters. The maximum atomic E-state index is 14.2. The second-order valence-corrected chi connectivity index (χ2v) is 5.12. The van der Waals surface area contributed by atoms with Crippen molar-refractivity contribution in [1.82, 2.24) is 20.2 Å². The minimum atomic E-state index is -0.336. The summed E-state index contributed by atoms with van der Waals surface area (Å²) >= 11 is 0. The Morgan fingerprint density at radius 1 is 1.40 bits per heavy atom. The fourth-order valence-electron chi connectivity index (χ4n) is 2.23. The van der Waals surface area contributed by atoms with E-state index in [1.807, 2.05) is 24.6 Å². The predicted octanol–water partition coefficient (Wildman–Crippen LogP) is 2.05. The lowest BCUT2D eigenvalue weighted by atomic mass is 10.0. The molecule has 0 aliphatic heterocycles. The van der Waals surface area contributed by atoms with Crippen LogP contribution in [0.3, 0.4) is 0 Å². The fourth-order valence-corrected chi connectivity index (χ4v) is 2.23. The monoisotopic (exact) mass is 277 g/mol. The van der Waals surface area contributed by atoms with E-state index < -0.39 is 0 Å². The van der Waals surface area contributed by atoms with Crippen LogP contribution in [0.15, 0.2) is 24.5 Å². The molecule has 0 saturated carbocycles. The molecule has 0 radical (unpaired) electrons. The molecule has 108 valence electrons. The first-order chi connectivity index (χ1) is 9.54. The minimum Gasteiger partial charge on any atom is -0.271 e. The Kier molecular flexibility index (Phi) is 4.46. The normalized spacial score (nSPS) is 12.9. The summed E-state index contributed by atoms with van der Waals surface area (Å²) in [6, 6.07) is 5.17. The van der Waals surface area contributed by atoms with Gasteiger partial charge in [0.25, 0.3) is 0 Å². The van der Waals surface area contributed by atoms with Gasteiger partial charge in [-0.3, -0.25) is 11.3 Å². The van der Waals surface area contributed by atoms with Gasteiger partial charge in [0.05, 0.1) is 6.04 Å². The van der Waals surface area contributed by atoms with Gasteiger partial charge in [0, 0.05) is 18.0 Å². The minimum absolute atomic E-state index is 0.202. The summed E-state index contributed by atoms with van der Waals surface area (Å²) in [6.45, 7) is 5.79. The Morgan fingerprint density at radius 3 is 2.80 bits per heavy atom. The highest BCUT2D eigenvalue weighted by Crippen LogP contribution is 2.22. The lowest BCUT2D eigenvalue weighted by Gasteiger charge is -2.18. The van der Waals surface area contributed by atoms with Gasteiger partial charge < -0.3 is 0 Å². The molecule has 1 unspecified atom stereocenters. The summed E-state index contributed by atoms with van der Waals surface area (Å²) < 4.78 is 16.0. The maximum Gasteiger partial charge on any atom is 0.138 e. The molecule has 20 heavy (non-hydrogen) atoms. The van der Waals surface area contributed by atoms with Gasteiger partial charge in [-0.25, -0.2) is 14.1 Å². The van der Waals surface area contributed by atoms with Crippen LogP contribution in [-0.4, -0.2) is 14.8 Å². The van der Waals surface area contributed by atoms with E-state index in [2.05, 4.69) is 15.5 Å². The molecule has 0 amide bonds. The van der Waals surface area contributed by atoms with Crippen LogP contribution in [0.25, 0.3) is 0 Å². The predicted molar refractivity (Wildman–Crippen MR) is 75.3 cm³/mol. The standard InChI is InChI=1S/C14H20FN5/c1-9(2)20-13(17-8-18-20)7-12(19-16)11-6-4-5-10(3)14(11)15/h4-6,8-9,12,19H,7,16H2,1-3H3. The molecule has 0 saturated heterocycles. The van der Waals surface area contributed by atoms with Crippen molar-refractivity contribution in [2.75, 3.05) is 0 Å². The number of halogens is 1. The maximum absolute atomic E-state index is 14.2. The van der Waals surface area contributed by atoms with Crippen molar-refractivity contribution >= 4 is 0 Å². The molecule has 0 fully saturated rings. The molecule has 1 aromatic carbocycles. The number of nitrogens with zero attached hydrogens (tertiary/aromatic N) is 3. The number of hydrogen-bond acceptors (Lipinski definition) is 4. The highest BCUT2D eigenvalue weighted by molar-refractivity contribution is 5.28. The first-order valence-corrected chi connectivity index (χ1v) is 6.64. The van der Waals surface area contributed by atoms with E-state index in [0.717, 1.165) is 5.82 Å². The van der Waals surface area contributed by atoms with Gasteiger partial charge in [-0.05, 0) is 26.3 Å². The molecule has 0 aliphatic carbocycles. The quantitative estimate of drug-likeness (QED) is 0.648. The van der Waals surface area contributed by atoms with E-state index in [1.54, 1.807) is 19.1 Å². The second-order valence-electron chi connectivity index (χ2n) is 5.12. The van der Waals surface area contributed by atoms with Crippen LogP contribution in [0.2, 0.25) is 0 Å². The third kappa shape index (κ3) is 2.86. The number of rotatable bonds is 5. The second kappa shape index (κ2) is 6.11. The molecule has 0 spiro atoms. The van der Waals surface area contributed by atoms with Crippen LogP contribution in [0.5, 0.6) is 0 Å². The number of nitrogens with one attached hydrogen (secondary N) is 1. The summed E-state index contributed by atoms with van der Waals surface area (Å²) in [7, 11) is 0. The van der Waals surface area contributed by atoms with Gasteiger partial charge >= 0.3 is 0 Å². The molecule has 2 rings (SSSR count). The number of hydrogen-bond donors (Lipinski definition) is 2. The van der Waals surface area contributed by atoms with Crippen LogP contribution in [0.4, 0.5) is 4.39 Å². The van der Waals surface area contributed by atoms with Gasteiger partial charge in [0.2, 0.25) is 0 Å². The number of aryl methyl sites for hydroxylation is 1. The Morgan fingerprint density at radius 2 is 2.15 bits per heavy atom. The van der Waals surface area contributed by atoms with E-state index in [9.17, 15) is 4.39 Å². The average Bonchev–Trinajstić information content (AvgIpc) is 2.88. The number of nitrogens with two attached hydrogens (primary N) is 1. The summed E-state index contributed by atoms with van der Waals surface area (Å²) in [5.74, 6) is 6.14. The molecule has 0 aliphatic rings. The molecule has 3 N–H and O–H groups in total. The van der Waals surface area contributed by atoms with Gasteiger partial charge in [-0.15, -0.1) is 0 Å². The Bertz CT molecular complexity index is 579. The van der Waals surface area contributed by atoms with Gasteiger partial charge in [-0.2, -0.15) is 5.10 Å². The van der Waals surface area contributed by atoms with Crippen molar-refractivity contribution in [3.05, 3.63) is 47.3 Å². The van der Waals surface area contributed by atoms with E-state index in [1.165, 1.54) is 6.33 Å². The summed E-state index contributed by atoms with van der Waals surface area (Å²) in [5, 5.41) is 4.18. The van der Waals surface area contributed by atoms with Crippen molar-refractivity contribution in [2.24, 2.45) is 5.84 Å². The van der Waals surface area contributed by atoms with Crippen LogP contribution in [0, 0.1) is 12.7 Å². The smallest absolute Gasteiger partial charge is 0.138 e. The van der Waals surface area contributed by atoms with Gasteiger partial charge in [-0.1, -0.05) is 18.2 Å². The highest BCUT2D eigenvalue weighted by Gasteiger charge is 2.19. The molecule has 2 aromatic rings. The third-order valence-electron chi connectivity index (χ3n) is 3.32. The third-order valence-corrected chi connectivity index (χ3v) is 3.32. The lowest BCUT2D eigenvalue weighted by molar-refractivity contribution is 0.456. The highest BCUT2D eigenvalue weighted by atomic mass is 19.1. The van der Waals surface area contributed by atoms with Gasteiger partial charge in [0.1, 0.15) is 18.0 Å². The number of aromatic nitrogens is 3. The lowest BCUT2D eigenvalue weighted by Crippen LogP contribution is -2.31. The molecule has 0 bridgehead atoms. The molecule has 1 aromatic heterocycles. The van der Waals surface area contributed by atoms with Crippen molar-refractivity contribution < 1.29 is 4.39 Å². The van der Waals surface area contributed by atoms with Gasteiger partial charge in [0.15, 0.2) is 0 Å². The molecular formula is C14H20FN5. The summed E-state index contributed by atoms with van der Waals surface area (Å²) in [5.41, 5.74) is 3.82. The van der Waals surface area contributed by atoms with Crippen molar-refractivity contribution in [3.8, 4) is 0 Å². The SMILES string of the molecule is Cc1cccc(C(Cc2ncnn2C(C)C)NN)c1F. The average molecular weight is 277 g/mol. The molecule has 5 nitrogen and oxygen atoms in total. The van der Waals surface area contributed by atoms with Crippen LogP contribution in [-0.2, 0) is 6.42 Å². The first kappa shape index (κ1) is 14.6. The van der Waals surface area contributed by atoms with Crippen molar-refractivity contribution in [1.29, 1.82) is 0 Å². The first-order valence-electron chi connectivity index (χ1n) is 6.64. The molecule has 1 heterocycles. The molecular weight excluding hydrogens is 257 g/mol. The zero-order chi connectivity index (χ0) is 14.7. The zero-order valence-corrected chi connectivity index (χ0v) is 12.0. The largest absolute Gasteiger partial charge is 0.271 e. The summed E-state index contributed by atoms with van der Waals surface area (Å²) in [6.07, 6.45) is 1.99. The Labute approximate surface area is 118 Å². The van der Waals surface area contributed by atoms with E-state index >= 15 is 0 Å². The number of benzene rings is 1. The Hall–Kier alpha value is -1.79. The number of hydrazine groups is 1. The topological polar surface area (TPSA) is 68.8 Å². The van der Waals surface area contributed by atoms with E-state index in [4.69, 9.17) is 5.84 Å². The Balaban J connectivity index is 2.29. The fraction of sp³-hybridized carbons (Fsp3) is 0.429.